The molecule has 0 spiro atoms. The van der Waals surface area contributed by atoms with E-state index < -0.39 is 0 Å². The second-order valence-electron chi connectivity index (χ2n) is 4.32. The minimum atomic E-state index is -0.0671. The second-order valence-corrected chi connectivity index (χ2v) is 4.32. The van der Waals surface area contributed by atoms with Crippen molar-refractivity contribution < 1.29 is 9.32 Å². The molecule has 2 rings (SSSR count). The van der Waals surface area contributed by atoms with E-state index in [1.165, 1.54) is 19.3 Å². The van der Waals surface area contributed by atoms with Crippen LogP contribution in [0.5, 0.6) is 0 Å². The molecular formula is C11H16N2O2. The van der Waals surface area contributed by atoms with E-state index in [1.54, 1.807) is 11.0 Å². The molecule has 15 heavy (non-hydrogen) atoms. The van der Waals surface area contributed by atoms with E-state index >= 15 is 0 Å². The molecule has 0 N–H and O–H groups in total. The van der Waals surface area contributed by atoms with Crippen LogP contribution < -0.4 is 0 Å². The average molecular weight is 208 g/mol. The molecule has 0 aliphatic heterocycles. The zero-order valence-corrected chi connectivity index (χ0v) is 9.19. The van der Waals surface area contributed by atoms with E-state index in [9.17, 15) is 4.79 Å². The fourth-order valence-corrected chi connectivity index (χ4v) is 1.80. The summed E-state index contributed by atoms with van der Waals surface area (Å²) >= 11 is 0. The molecular weight excluding hydrogens is 192 g/mol. The van der Waals surface area contributed by atoms with E-state index in [4.69, 9.17) is 4.52 Å². The highest BCUT2D eigenvalue weighted by molar-refractivity contribution is 5.91. The third-order valence-electron chi connectivity index (χ3n) is 2.94. The minimum absolute atomic E-state index is 0.0671. The van der Waals surface area contributed by atoms with Gasteiger partial charge in [-0.2, -0.15) is 0 Å². The van der Waals surface area contributed by atoms with Gasteiger partial charge in [0.1, 0.15) is 0 Å². The Morgan fingerprint density at radius 3 is 2.87 bits per heavy atom. The fourth-order valence-electron chi connectivity index (χ4n) is 1.80. The lowest BCUT2D eigenvalue weighted by molar-refractivity contribution is 0.0704. The standard InChI is InChI=1S/C11H16N2O2/c1-8-6-10(15-12-8)11(14)13(2)7-9-4-3-5-9/h6,9H,3-5,7H2,1-2H3. The Hall–Kier alpha value is -1.32. The highest BCUT2D eigenvalue weighted by Crippen LogP contribution is 2.27. The monoisotopic (exact) mass is 208 g/mol. The van der Waals surface area contributed by atoms with Gasteiger partial charge in [0.2, 0.25) is 5.76 Å². The van der Waals surface area contributed by atoms with Crippen LogP contribution in [0, 0.1) is 12.8 Å². The molecule has 82 valence electrons. The Morgan fingerprint density at radius 2 is 2.40 bits per heavy atom. The number of aryl methyl sites for hydroxylation is 1. The lowest BCUT2D eigenvalue weighted by atomic mass is 9.85. The number of amides is 1. The van der Waals surface area contributed by atoms with Crippen LogP contribution >= 0.6 is 0 Å². The van der Waals surface area contributed by atoms with E-state index in [-0.39, 0.29) is 5.91 Å². The minimum Gasteiger partial charge on any atom is -0.351 e. The van der Waals surface area contributed by atoms with Crippen molar-refractivity contribution in [2.75, 3.05) is 13.6 Å². The molecule has 4 heteroatoms. The Bertz CT molecular complexity index is 355. The molecule has 4 nitrogen and oxygen atoms in total. The summed E-state index contributed by atoms with van der Waals surface area (Å²) in [6.45, 7) is 2.64. The number of nitrogens with zero attached hydrogens (tertiary/aromatic N) is 2. The summed E-state index contributed by atoms with van der Waals surface area (Å²) in [5.74, 6) is 0.958. The molecule has 1 aromatic rings. The molecule has 0 bridgehead atoms. The molecule has 1 saturated carbocycles. The summed E-state index contributed by atoms with van der Waals surface area (Å²) in [5.41, 5.74) is 0.746. The van der Waals surface area contributed by atoms with Gasteiger partial charge < -0.3 is 9.42 Å². The Morgan fingerprint density at radius 1 is 1.67 bits per heavy atom. The summed E-state index contributed by atoms with van der Waals surface area (Å²) < 4.78 is 4.94. The fraction of sp³-hybridized carbons (Fsp3) is 0.636. The molecule has 0 atom stereocenters. The van der Waals surface area contributed by atoms with Crippen molar-refractivity contribution in [2.45, 2.75) is 26.2 Å². The Kier molecular flexibility index (Phi) is 2.75. The molecule has 0 unspecified atom stereocenters. The lowest BCUT2D eigenvalue weighted by Gasteiger charge is -2.29. The van der Waals surface area contributed by atoms with Crippen LogP contribution in [0.4, 0.5) is 0 Å². The zero-order valence-electron chi connectivity index (χ0n) is 9.19. The van der Waals surface area contributed by atoms with Crippen LogP contribution in [-0.2, 0) is 0 Å². The number of rotatable bonds is 3. The van der Waals surface area contributed by atoms with Gasteiger partial charge in [-0.15, -0.1) is 0 Å². The SMILES string of the molecule is Cc1cc(C(=O)N(C)CC2CCC2)on1. The maximum absolute atomic E-state index is 11.8. The van der Waals surface area contributed by atoms with Crippen LogP contribution in [0.3, 0.4) is 0 Å². The van der Waals surface area contributed by atoms with Gasteiger partial charge in [-0.1, -0.05) is 11.6 Å². The van der Waals surface area contributed by atoms with Crippen molar-refractivity contribution in [1.82, 2.24) is 10.1 Å². The van der Waals surface area contributed by atoms with Gasteiger partial charge in [0.15, 0.2) is 0 Å². The number of hydrogen-bond donors (Lipinski definition) is 0. The summed E-state index contributed by atoms with van der Waals surface area (Å²) in [6, 6.07) is 1.68. The molecule has 0 aromatic carbocycles. The largest absolute Gasteiger partial charge is 0.351 e. The maximum atomic E-state index is 11.8. The summed E-state index contributed by atoms with van der Waals surface area (Å²) in [5, 5.41) is 3.71. The predicted octanol–water partition coefficient (Wildman–Crippen LogP) is 1.86. The number of carbonyl (C=O) groups is 1. The van der Waals surface area contributed by atoms with E-state index in [0.29, 0.717) is 11.7 Å². The molecule has 1 fully saturated rings. The first-order chi connectivity index (χ1) is 7.16. The molecule has 1 aliphatic carbocycles. The highest BCUT2D eigenvalue weighted by atomic mass is 16.5. The van der Waals surface area contributed by atoms with Crippen LogP contribution in [0.2, 0.25) is 0 Å². The lowest BCUT2D eigenvalue weighted by Crippen LogP contribution is -2.34. The normalized spacial score (nSPS) is 16.1. The van der Waals surface area contributed by atoms with Crippen molar-refractivity contribution in [3.8, 4) is 0 Å². The van der Waals surface area contributed by atoms with Crippen molar-refractivity contribution in [1.29, 1.82) is 0 Å². The average Bonchev–Trinajstić information content (AvgIpc) is 2.56. The van der Waals surface area contributed by atoms with Crippen molar-refractivity contribution in [3.63, 3.8) is 0 Å². The van der Waals surface area contributed by atoms with Crippen molar-refractivity contribution in [2.24, 2.45) is 5.92 Å². The smallest absolute Gasteiger partial charge is 0.292 e. The van der Waals surface area contributed by atoms with Crippen LogP contribution in [0.15, 0.2) is 10.6 Å². The van der Waals surface area contributed by atoms with Gasteiger partial charge in [0.05, 0.1) is 5.69 Å². The maximum Gasteiger partial charge on any atom is 0.292 e. The molecule has 1 heterocycles. The second kappa shape index (κ2) is 4.04. The first kappa shape index (κ1) is 10.2. The van der Waals surface area contributed by atoms with E-state index in [2.05, 4.69) is 5.16 Å². The number of aromatic nitrogens is 1. The molecule has 1 amide bonds. The van der Waals surface area contributed by atoms with Gasteiger partial charge in [0.25, 0.3) is 5.91 Å². The highest BCUT2D eigenvalue weighted by Gasteiger charge is 2.23. The first-order valence-corrected chi connectivity index (χ1v) is 5.35. The van der Waals surface area contributed by atoms with Gasteiger partial charge in [0, 0.05) is 19.7 Å². The third-order valence-corrected chi connectivity index (χ3v) is 2.94. The third kappa shape index (κ3) is 2.19. The topological polar surface area (TPSA) is 46.3 Å². The first-order valence-electron chi connectivity index (χ1n) is 5.35. The summed E-state index contributed by atoms with van der Waals surface area (Å²) in [7, 11) is 1.82. The molecule has 0 saturated heterocycles. The van der Waals surface area contributed by atoms with E-state index in [1.807, 2.05) is 14.0 Å². The molecule has 1 aliphatic rings. The number of carbonyl (C=O) groups excluding carboxylic acids is 1. The van der Waals surface area contributed by atoms with Crippen LogP contribution in [0.1, 0.15) is 35.5 Å². The predicted molar refractivity (Wildman–Crippen MR) is 55.5 cm³/mol. The van der Waals surface area contributed by atoms with Gasteiger partial charge in [-0.3, -0.25) is 4.79 Å². The van der Waals surface area contributed by atoms with E-state index in [0.717, 1.165) is 12.2 Å². The van der Waals surface area contributed by atoms with Gasteiger partial charge >= 0.3 is 0 Å². The van der Waals surface area contributed by atoms with Gasteiger partial charge in [-0.05, 0) is 25.7 Å². The van der Waals surface area contributed by atoms with Crippen molar-refractivity contribution >= 4 is 5.91 Å². The van der Waals surface area contributed by atoms with Gasteiger partial charge in [-0.25, -0.2) is 0 Å². The zero-order chi connectivity index (χ0) is 10.8. The Balaban J connectivity index is 1.94. The molecule has 0 radical (unpaired) electrons. The quantitative estimate of drug-likeness (QED) is 0.761. The van der Waals surface area contributed by atoms with Crippen LogP contribution in [0.25, 0.3) is 0 Å². The summed E-state index contributed by atoms with van der Waals surface area (Å²) in [6.07, 6.45) is 3.79. The van der Waals surface area contributed by atoms with Crippen LogP contribution in [-0.4, -0.2) is 29.6 Å². The van der Waals surface area contributed by atoms with Crippen molar-refractivity contribution in [3.05, 3.63) is 17.5 Å². The number of hydrogen-bond acceptors (Lipinski definition) is 3. The Labute approximate surface area is 89.2 Å². The molecule has 1 aromatic heterocycles. The summed E-state index contributed by atoms with van der Waals surface area (Å²) in [4.78, 5) is 13.6.